The Hall–Kier alpha value is -2.25. The number of carbonyl (C=O) groups is 1. The Kier molecular flexibility index (Phi) is 4.17. The lowest BCUT2D eigenvalue weighted by Crippen LogP contribution is -2.47. The van der Waals surface area contributed by atoms with Gasteiger partial charge in [0, 0.05) is 36.7 Å². The van der Waals surface area contributed by atoms with Crippen molar-refractivity contribution >= 4 is 5.91 Å². The molecule has 3 rings (SSSR count). The monoisotopic (exact) mass is 302 g/mol. The molecule has 1 saturated heterocycles. The third-order valence-electron chi connectivity index (χ3n) is 4.06. The van der Waals surface area contributed by atoms with Crippen LogP contribution in [0.3, 0.4) is 0 Å². The zero-order valence-corrected chi connectivity index (χ0v) is 12.0. The van der Waals surface area contributed by atoms with E-state index in [-0.39, 0.29) is 25.0 Å². The fraction of sp³-hybridized carbons (Fsp3) is 0.400. The molecule has 2 heterocycles. The Labute approximate surface area is 127 Å². The highest BCUT2D eigenvalue weighted by atomic mass is 16.3. The summed E-state index contributed by atoms with van der Waals surface area (Å²) in [6.45, 7) is 0.758. The van der Waals surface area contributed by atoms with Gasteiger partial charge in [-0.1, -0.05) is 12.1 Å². The van der Waals surface area contributed by atoms with Crippen molar-refractivity contribution < 1.29 is 15.0 Å². The molecule has 1 aromatic carbocycles. The summed E-state index contributed by atoms with van der Waals surface area (Å²) in [5, 5.41) is 25.6. The first-order chi connectivity index (χ1) is 10.7. The average Bonchev–Trinajstić information content (AvgIpc) is 3.09. The van der Waals surface area contributed by atoms with Gasteiger partial charge in [0.25, 0.3) is 5.91 Å². The molecule has 1 aromatic heterocycles. The van der Waals surface area contributed by atoms with E-state index in [0.29, 0.717) is 24.4 Å². The summed E-state index contributed by atoms with van der Waals surface area (Å²) in [5.41, 5.74) is 1.42. The number of aromatic nitrogens is 3. The fourth-order valence-electron chi connectivity index (χ4n) is 2.68. The van der Waals surface area contributed by atoms with Gasteiger partial charge < -0.3 is 15.1 Å². The molecule has 1 amide bonds. The number of carbonyl (C=O) groups excluding carboxylic acids is 1. The third-order valence-corrected chi connectivity index (χ3v) is 4.06. The van der Waals surface area contributed by atoms with E-state index in [0.717, 1.165) is 5.56 Å². The van der Waals surface area contributed by atoms with Gasteiger partial charge in [-0.15, -0.1) is 0 Å². The van der Waals surface area contributed by atoms with Crippen molar-refractivity contribution in [2.24, 2.45) is 5.92 Å². The number of hydrogen-bond donors (Lipinski definition) is 3. The predicted molar refractivity (Wildman–Crippen MR) is 78.9 cm³/mol. The topological polar surface area (TPSA) is 102 Å². The van der Waals surface area contributed by atoms with Crippen LogP contribution >= 0.6 is 0 Å². The number of H-pyrrole nitrogens is 1. The van der Waals surface area contributed by atoms with E-state index in [2.05, 4.69) is 15.2 Å². The van der Waals surface area contributed by atoms with E-state index in [1.807, 2.05) is 12.1 Å². The molecule has 1 aliphatic heterocycles. The number of amides is 1. The number of piperidine rings is 1. The van der Waals surface area contributed by atoms with Gasteiger partial charge in [0.15, 0.2) is 5.82 Å². The highest BCUT2D eigenvalue weighted by Gasteiger charge is 2.30. The van der Waals surface area contributed by atoms with Gasteiger partial charge in [0.05, 0.1) is 6.10 Å². The molecule has 3 N–H and O–H groups in total. The molecule has 0 spiro atoms. The van der Waals surface area contributed by atoms with Crippen LogP contribution in [0.25, 0.3) is 11.4 Å². The van der Waals surface area contributed by atoms with E-state index >= 15 is 0 Å². The molecule has 1 fully saturated rings. The Balaban J connectivity index is 1.70. The van der Waals surface area contributed by atoms with Crippen LogP contribution in [0.1, 0.15) is 16.8 Å². The number of aliphatic hydroxyl groups excluding tert-OH is 2. The van der Waals surface area contributed by atoms with E-state index in [9.17, 15) is 9.90 Å². The van der Waals surface area contributed by atoms with Crippen LogP contribution in [0.4, 0.5) is 0 Å². The quantitative estimate of drug-likeness (QED) is 0.756. The van der Waals surface area contributed by atoms with E-state index < -0.39 is 6.10 Å². The summed E-state index contributed by atoms with van der Waals surface area (Å²) in [5.74, 6) is 0.399. The molecule has 0 aliphatic carbocycles. The highest BCUT2D eigenvalue weighted by molar-refractivity contribution is 5.94. The molecule has 2 aromatic rings. The van der Waals surface area contributed by atoms with Crippen molar-refractivity contribution in [3.05, 3.63) is 36.2 Å². The van der Waals surface area contributed by atoms with Crippen molar-refractivity contribution in [1.82, 2.24) is 20.1 Å². The van der Waals surface area contributed by atoms with Crippen molar-refractivity contribution in [2.75, 3.05) is 19.7 Å². The zero-order valence-electron chi connectivity index (χ0n) is 12.0. The maximum absolute atomic E-state index is 12.5. The Bertz CT molecular complexity index is 627. The zero-order chi connectivity index (χ0) is 15.5. The number of benzene rings is 1. The van der Waals surface area contributed by atoms with Gasteiger partial charge in [-0.3, -0.25) is 9.89 Å². The molecule has 0 saturated carbocycles. The van der Waals surface area contributed by atoms with Crippen molar-refractivity contribution in [2.45, 2.75) is 12.5 Å². The lowest BCUT2D eigenvalue weighted by Gasteiger charge is -2.35. The number of aromatic amines is 1. The van der Waals surface area contributed by atoms with Gasteiger partial charge >= 0.3 is 0 Å². The second-order valence-electron chi connectivity index (χ2n) is 5.46. The Morgan fingerprint density at radius 1 is 1.36 bits per heavy atom. The second kappa shape index (κ2) is 6.25. The van der Waals surface area contributed by atoms with Crippen molar-refractivity contribution in [1.29, 1.82) is 0 Å². The average molecular weight is 302 g/mol. The summed E-state index contributed by atoms with van der Waals surface area (Å²) in [4.78, 5) is 18.1. The smallest absolute Gasteiger partial charge is 0.253 e. The van der Waals surface area contributed by atoms with Crippen LogP contribution in [-0.4, -0.2) is 62.0 Å². The van der Waals surface area contributed by atoms with Crippen molar-refractivity contribution in [3.8, 4) is 11.4 Å². The number of β-amino-alcohol motifs (C(OH)–C–C–N with tert-alkyl or cyclic N) is 1. The van der Waals surface area contributed by atoms with Crippen molar-refractivity contribution in [3.63, 3.8) is 0 Å². The highest BCUT2D eigenvalue weighted by Crippen LogP contribution is 2.20. The Morgan fingerprint density at radius 2 is 2.14 bits per heavy atom. The molecule has 116 valence electrons. The second-order valence-corrected chi connectivity index (χ2v) is 5.46. The number of nitrogens with zero attached hydrogens (tertiary/aromatic N) is 3. The summed E-state index contributed by atoms with van der Waals surface area (Å²) in [6.07, 6.45) is 1.37. The molecule has 2 atom stereocenters. The first-order valence-corrected chi connectivity index (χ1v) is 7.23. The summed E-state index contributed by atoms with van der Waals surface area (Å²) in [6, 6.07) is 7.10. The minimum absolute atomic E-state index is 0.0466. The largest absolute Gasteiger partial charge is 0.396 e. The standard InChI is InChI=1S/C15H18N4O3/c20-8-12-5-6-19(7-13(12)21)15(22)11-3-1-10(2-4-11)14-16-9-17-18-14/h1-4,9,12-13,20-21H,5-8H2,(H,16,17,18)/t12-,13+/m1/s1. The van der Waals surface area contributed by atoms with Gasteiger partial charge in [-0.25, -0.2) is 4.98 Å². The number of rotatable bonds is 3. The maximum atomic E-state index is 12.5. The van der Waals surface area contributed by atoms with Crippen LogP contribution < -0.4 is 0 Å². The van der Waals surface area contributed by atoms with Gasteiger partial charge in [-0.2, -0.15) is 5.10 Å². The number of nitrogens with one attached hydrogen (secondary N) is 1. The summed E-state index contributed by atoms with van der Waals surface area (Å²) >= 11 is 0. The maximum Gasteiger partial charge on any atom is 0.253 e. The SMILES string of the molecule is O=C(c1ccc(-c2ncn[nH]2)cc1)N1CC[C@H](CO)[C@@H](O)C1. The molecular formula is C15H18N4O3. The minimum Gasteiger partial charge on any atom is -0.396 e. The van der Waals surface area contributed by atoms with E-state index in [1.54, 1.807) is 17.0 Å². The predicted octanol–water partition coefficient (Wildman–Crippen LogP) is 0.287. The van der Waals surface area contributed by atoms with Crippen LogP contribution in [0, 0.1) is 5.92 Å². The molecule has 7 heteroatoms. The normalized spacial score (nSPS) is 21.8. The van der Waals surface area contributed by atoms with Crippen LogP contribution in [-0.2, 0) is 0 Å². The van der Waals surface area contributed by atoms with E-state index in [4.69, 9.17) is 5.11 Å². The molecule has 7 nitrogen and oxygen atoms in total. The number of aliphatic hydroxyl groups is 2. The van der Waals surface area contributed by atoms with E-state index in [1.165, 1.54) is 6.33 Å². The Morgan fingerprint density at radius 3 is 2.73 bits per heavy atom. The van der Waals surface area contributed by atoms with Crippen LogP contribution in [0.15, 0.2) is 30.6 Å². The molecular weight excluding hydrogens is 284 g/mol. The first-order valence-electron chi connectivity index (χ1n) is 7.23. The molecule has 1 aliphatic rings. The minimum atomic E-state index is -0.670. The van der Waals surface area contributed by atoms with Gasteiger partial charge in [0.1, 0.15) is 6.33 Å². The lowest BCUT2D eigenvalue weighted by molar-refractivity contribution is 0.000878. The third kappa shape index (κ3) is 2.86. The molecule has 0 unspecified atom stereocenters. The van der Waals surface area contributed by atoms with Crippen LogP contribution in [0.2, 0.25) is 0 Å². The molecule has 0 bridgehead atoms. The van der Waals surface area contributed by atoms with Gasteiger partial charge in [-0.05, 0) is 18.6 Å². The molecule has 22 heavy (non-hydrogen) atoms. The molecule has 0 radical (unpaired) electrons. The van der Waals surface area contributed by atoms with Gasteiger partial charge in [0.2, 0.25) is 0 Å². The number of likely N-dealkylation sites (tertiary alicyclic amines) is 1. The lowest BCUT2D eigenvalue weighted by atomic mass is 9.94. The summed E-state index contributed by atoms with van der Waals surface area (Å²) < 4.78 is 0. The summed E-state index contributed by atoms with van der Waals surface area (Å²) in [7, 11) is 0. The number of hydrogen-bond acceptors (Lipinski definition) is 5. The van der Waals surface area contributed by atoms with Crippen LogP contribution in [0.5, 0.6) is 0 Å². The fourth-order valence-corrected chi connectivity index (χ4v) is 2.68. The first kappa shape index (κ1) is 14.7.